The van der Waals surface area contributed by atoms with E-state index in [4.69, 9.17) is 16.3 Å². The molecule has 0 atom stereocenters. The van der Waals surface area contributed by atoms with Gasteiger partial charge in [-0.25, -0.2) is 8.78 Å². The topological polar surface area (TPSA) is 26.3 Å². The van der Waals surface area contributed by atoms with Gasteiger partial charge in [0.15, 0.2) is 17.4 Å². The van der Waals surface area contributed by atoms with Crippen LogP contribution in [0, 0.1) is 11.6 Å². The van der Waals surface area contributed by atoms with Gasteiger partial charge in [0.1, 0.15) is 5.75 Å². The molecule has 98 valence electrons. The Bertz CT molecular complexity index is 641. The van der Waals surface area contributed by atoms with Crippen LogP contribution in [-0.4, -0.2) is 12.9 Å². The van der Waals surface area contributed by atoms with Crippen molar-refractivity contribution in [2.75, 3.05) is 7.11 Å². The zero-order chi connectivity index (χ0) is 14.0. The van der Waals surface area contributed by atoms with E-state index >= 15 is 0 Å². The van der Waals surface area contributed by atoms with Crippen LogP contribution >= 0.6 is 11.6 Å². The van der Waals surface area contributed by atoms with Gasteiger partial charge in [-0.15, -0.1) is 0 Å². The van der Waals surface area contributed by atoms with Gasteiger partial charge in [-0.2, -0.15) is 0 Å². The second-order valence-corrected chi connectivity index (χ2v) is 4.21. The average Bonchev–Trinajstić information content (AvgIpc) is 2.42. The summed E-state index contributed by atoms with van der Waals surface area (Å²) in [5.74, 6) is -2.21. The number of hydrogen-bond acceptors (Lipinski definition) is 2. The molecule has 2 aromatic carbocycles. The minimum atomic E-state index is -1.12. The van der Waals surface area contributed by atoms with Gasteiger partial charge in [0.25, 0.3) is 0 Å². The normalized spacial score (nSPS) is 10.3. The number of hydrogen-bond donors (Lipinski definition) is 0. The van der Waals surface area contributed by atoms with E-state index in [1.807, 2.05) is 0 Å². The summed E-state index contributed by atoms with van der Waals surface area (Å²) in [6, 6.07) is 7.91. The molecule has 0 heterocycles. The van der Waals surface area contributed by atoms with Crippen LogP contribution in [0.3, 0.4) is 0 Å². The minimum absolute atomic E-state index is 0.0891. The highest BCUT2D eigenvalue weighted by atomic mass is 35.5. The molecule has 0 unspecified atom stereocenters. The first kappa shape index (κ1) is 13.5. The van der Waals surface area contributed by atoms with Gasteiger partial charge in [0.2, 0.25) is 0 Å². The molecule has 0 aliphatic heterocycles. The number of rotatable bonds is 3. The lowest BCUT2D eigenvalue weighted by Crippen LogP contribution is -2.04. The van der Waals surface area contributed by atoms with Crippen LogP contribution in [0.1, 0.15) is 15.9 Å². The maximum Gasteiger partial charge on any atom is 0.194 e. The van der Waals surface area contributed by atoms with Crippen molar-refractivity contribution in [3.8, 4) is 5.75 Å². The predicted molar refractivity (Wildman–Crippen MR) is 67.8 cm³/mol. The minimum Gasteiger partial charge on any atom is -0.497 e. The quantitative estimate of drug-likeness (QED) is 0.631. The first-order valence-electron chi connectivity index (χ1n) is 5.36. The molecule has 0 fully saturated rings. The van der Waals surface area contributed by atoms with Gasteiger partial charge < -0.3 is 4.74 Å². The molecule has 0 bridgehead atoms. The van der Waals surface area contributed by atoms with E-state index in [-0.39, 0.29) is 16.1 Å². The summed E-state index contributed by atoms with van der Waals surface area (Å²) < 4.78 is 31.1. The van der Waals surface area contributed by atoms with E-state index in [9.17, 15) is 13.6 Å². The maximum absolute atomic E-state index is 13.2. The van der Waals surface area contributed by atoms with Crippen LogP contribution in [0.15, 0.2) is 36.4 Å². The molecule has 0 aromatic heterocycles. The molecule has 0 aliphatic carbocycles. The lowest BCUT2D eigenvalue weighted by Gasteiger charge is -2.06. The molecular weight excluding hydrogens is 274 g/mol. The van der Waals surface area contributed by atoms with Crippen molar-refractivity contribution in [2.45, 2.75) is 0 Å². The Morgan fingerprint density at radius 3 is 2.53 bits per heavy atom. The van der Waals surface area contributed by atoms with E-state index in [2.05, 4.69) is 0 Å². The van der Waals surface area contributed by atoms with Crippen molar-refractivity contribution in [1.82, 2.24) is 0 Å². The highest BCUT2D eigenvalue weighted by Crippen LogP contribution is 2.24. The molecular formula is C14H9ClF2O2. The van der Waals surface area contributed by atoms with Crippen LogP contribution < -0.4 is 4.74 Å². The Hall–Kier alpha value is -1.94. The van der Waals surface area contributed by atoms with Gasteiger partial charge in [-0.05, 0) is 24.3 Å². The van der Waals surface area contributed by atoms with Crippen LogP contribution in [0.25, 0.3) is 0 Å². The molecule has 2 rings (SSSR count). The third-order valence-corrected chi connectivity index (χ3v) is 2.90. The Labute approximate surface area is 113 Å². The fraction of sp³-hybridized carbons (Fsp3) is 0.0714. The van der Waals surface area contributed by atoms with Gasteiger partial charge >= 0.3 is 0 Å². The maximum atomic E-state index is 13.2. The summed E-state index contributed by atoms with van der Waals surface area (Å²) in [6.45, 7) is 0. The number of halogens is 3. The molecule has 0 saturated heterocycles. The van der Waals surface area contributed by atoms with Gasteiger partial charge in [-0.3, -0.25) is 4.79 Å². The Kier molecular flexibility index (Phi) is 3.81. The van der Waals surface area contributed by atoms with Crippen LogP contribution in [0.4, 0.5) is 8.78 Å². The van der Waals surface area contributed by atoms with Crippen molar-refractivity contribution in [2.24, 2.45) is 0 Å². The zero-order valence-electron chi connectivity index (χ0n) is 9.91. The fourth-order valence-electron chi connectivity index (χ4n) is 1.62. The molecule has 2 nitrogen and oxygen atoms in total. The fourth-order valence-corrected chi connectivity index (χ4v) is 1.85. The summed E-state index contributed by atoms with van der Waals surface area (Å²) in [6.07, 6.45) is 0. The number of methoxy groups -OCH3 is 1. The van der Waals surface area contributed by atoms with Crippen LogP contribution in [0.5, 0.6) is 5.75 Å². The molecule has 0 N–H and O–H groups in total. The van der Waals surface area contributed by atoms with Crippen LogP contribution in [-0.2, 0) is 0 Å². The molecule has 0 aliphatic rings. The first-order valence-corrected chi connectivity index (χ1v) is 5.74. The van der Waals surface area contributed by atoms with Gasteiger partial charge in [-0.1, -0.05) is 23.7 Å². The van der Waals surface area contributed by atoms with Crippen molar-refractivity contribution in [3.63, 3.8) is 0 Å². The third kappa shape index (κ3) is 2.74. The monoisotopic (exact) mass is 282 g/mol. The summed E-state index contributed by atoms with van der Waals surface area (Å²) in [5.41, 5.74) is 0.195. The molecule has 0 amide bonds. The van der Waals surface area contributed by atoms with Gasteiger partial charge in [0, 0.05) is 11.1 Å². The standard InChI is InChI=1S/C14H9ClF2O2/c1-19-9-4-2-3-8(5-9)14(18)10-6-12(16)13(17)7-11(10)15/h2-7H,1H3. The predicted octanol–water partition coefficient (Wildman–Crippen LogP) is 3.86. The molecule has 19 heavy (non-hydrogen) atoms. The first-order chi connectivity index (χ1) is 9.02. The number of ether oxygens (including phenoxy) is 1. The van der Waals surface area contributed by atoms with Crippen molar-refractivity contribution >= 4 is 17.4 Å². The average molecular weight is 283 g/mol. The smallest absolute Gasteiger partial charge is 0.194 e. The summed E-state index contributed by atoms with van der Waals surface area (Å²) >= 11 is 5.76. The Balaban J connectivity index is 2.46. The largest absolute Gasteiger partial charge is 0.497 e. The highest BCUT2D eigenvalue weighted by molar-refractivity contribution is 6.35. The van der Waals surface area contributed by atoms with E-state index in [0.29, 0.717) is 5.75 Å². The highest BCUT2D eigenvalue weighted by Gasteiger charge is 2.17. The van der Waals surface area contributed by atoms with Crippen LogP contribution in [0.2, 0.25) is 5.02 Å². The SMILES string of the molecule is COc1cccc(C(=O)c2cc(F)c(F)cc2Cl)c1. The van der Waals surface area contributed by atoms with E-state index in [0.717, 1.165) is 12.1 Å². The summed E-state index contributed by atoms with van der Waals surface area (Å²) in [5, 5.41) is -0.133. The molecule has 0 saturated carbocycles. The number of carbonyl (C=O) groups is 1. The second-order valence-electron chi connectivity index (χ2n) is 3.81. The van der Waals surface area contributed by atoms with Crippen molar-refractivity contribution in [1.29, 1.82) is 0 Å². The molecule has 5 heteroatoms. The summed E-state index contributed by atoms with van der Waals surface area (Å²) in [7, 11) is 1.47. The Morgan fingerprint density at radius 2 is 1.84 bits per heavy atom. The zero-order valence-corrected chi connectivity index (χ0v) is 10.7. The molecule has 2 aromatic rings. The van der Waals surface area contributed by atoms with E-state index in [1.54, 1.807) is 18.2 Å². The molecule has 0 spiro atoms. The van der Waals surface area contributed by atoms with Crippen molar-refractivity contribution in [3.05, 3.63) is 64.2 Å². The van der Waals surface area contributed by atoms with E-state index < -0.39 is 17.4 Å². The third-order valence-electron chi connectivity index (χ3n) is 2.59. The number of carbonyl (C=O) groups excluding carboxylic acids is 1. The molecule has 0 radical (unpaired) electrons. The lowest BCUT2D eigenvalue weighted by molar-refractivity contribution is 0.103. The number of benzene rings is 2. The van der Waals surface area contributed by atoms with E-state index in [1.165, 1.54) is 13.2 Å². The second kappa shape index (κ2) is 5.36. The van der Waals surface area contributed by atoms with Gasteiger partial charge in [0.05, 0.1) is 12.1 Å². The Morgan fingerprint density at radius 1 is 1.16 bits per heavy atom. The van der Waals surface area contributed by atoms with Crippen molar-refractivity contribution < 1.29 is 18.3 Å². The number of ketones is 1. The summed E-state index contributed by atoms with van der Waals surface area (Å²) in [4.78, 5) is 12.2. The lowest BCUT2D eigenvalue weighted by atomic mass is 10.0.